The van der Waals surface area contributed by atoms with Crippen LogP contribution in [0.3, 0.4) is 0 Å². The molecule has 0 saturated heterocycles. The van der Waals surface area contributed by atoms with Gasteiger partial charge in [-0.25, -0.2) is 9.97 Å². The van der Waals surface area contributed by atoms with E-state index in [1.54, 1.807) is 0 Å². The Morgan fingerprint density at radius 1 is 0.882 bits per heavy atom. The SMILES string of the molecule is CCc1nc(N(CCC(=O)NC(C)c2ccccc2)CCc2ccccc2)c2ccccc2n1. The number of aryl methyl sites for hydroxylation is 1. The van der Waals surface area contributed by atoms with Crippen LogP contribution < -0.4 is 10.2 Å². The highest BCUT2D eigenvalue weighted by Gasteiger charge is 2.17. The van der Waals surface area contributed by atoms with Crippen molar-refractivity contribution in [3.8, 4) is 0 Å². The van der Waals surface area contributed by atoms with Crippen molar-refractivity contribution in [1.29, 1.82) is 0 Å². The van der Waals surface area contributed by atoms with Gasteiger partial charge in [0.05, 0.1) is 11.6 Å². The van der Waals surface area contributed by atoms with Crippen LogP contribution in [0, 0.1) is 0 Å². The van der Waals surface area contributed by atoms with Gasteiger partial charge in [-0.15, -0.1) is 0 Å². The third kappa shape index (κ3) is 5.98. The van der Waals surface area contributed by atoms with Gasteiger partial charge in [0, 0.05) is 31.3 Å². The molecule has 1 heterocycles. The number of hydrogen-bond donors (Lipinski definition) is 1. The highest BCUT2D eigenvalue weighted by molar-refractivity contribution is 5.89. The second-order valence-electron chi connectivity index (χ2n) is 8.51. The molecule has 1 aromatic heterocycles. The lowest BCUT2D eigenvalue weighted by Crippen LogP contribution is -2.34. The van der Waals surface area contributed by atoms with E-state index in [1.165, 1.54) is 5.56 Å². The zero-order chi connectivity index (χ0) is 23.8. The second-order valence-corrected chi connectivity index (χ2v) is 8.51. The summed E-state index contributed by atoms with van der Waals surface area (Å²) in [5.41, 5.74) is 3.31. The van der Waals surface area contributed by atoms with Gasteiger partial charge in [0.15, 0.2) is 0 Å². The number of hydrogen-bond acceptors (Lipinski definition) is 4. The molecule has 3 aromatic carbocycles. The Morgan fingerprint density at radius 3 is 2.29 bits per heavy atom. The summed E-state index contributed by atoms with van der Waals surface area (Å²) >= 11 is 0. The summed E-state index contributed by atoms with van der Waals surface area (Å²) in [5.74, 6) is 1.76. The van der Waals surface area contributed by atoms with Crippen molar-refractivity contribution in [3.05, 3.63) is 102 Å². The maximum Gasteiger partial charge on any atom is 0.222 e. The zero-order valence-electron chi connectivity index (χ0n) is 19.9. The molecule has 174 valence electrons. The van der Waals surface area contributed by atoms with Crippen LogP contribution in [0.4, 0.5) is 5.82 Å². The molecule has 0 bridgehead atoms. The third-order valence-electron chi connectivity index (χ3n) is 6.04. The van der Waals surface area contributed by atoms with E-state index in [-0.39, 0.29) is 11.9 Å². The topological polar surface area (TPSA) is 58.1 Å². The fourth-order valence-corrected chi connectivity index (χ4v) is 4.11. The Kier molecular flexibility index (Phi) is 7.87. The minimum atomic E-state index is -0.0296. The summed E-state index contributed by atoms with van der Waals surface area (Å²) in [4.78, 5) is 24.7. The number of carbonyl (C=O) groups is 1. The van der Waals surface area contributed by atoms with E-state index in [4.69, 9.17) is 9.97 Å². The summed E-state index contributed by atoms with van der Waals surface area (Å²) in [6, 6.07) is 28.6. The van der Waals surface area contributed by atoms with Gasteiger partial charge >= 0.3 is 0 Å². The van der Waals surface area contributed by atoms with Gasteiger partial charge in [0.25, 0.3) is 0 Å². The molecule has 1 atom stereocenters. The Bertz CT molecular complexity index is 1210. The summed E-state index contributed by atoms with van der Waals surface area (Å²) in [7, 11) is 0. The minimum Gasteiger partial charge on any atom is -0.355 e. The number of para-hydroxylation sites is 1. The molecule has 4 rings (SSSR count). The van der Waals surface area contributed by atoms with Crippen molar-refractivity contribution in [2.75, 3.05) is 18.0 Å². The van der Waals surface area contributed by atoms with E-state index >= 15 is 0 Å². The standard InChI is InChI=1S/C29H32N4O/c1-3-27-31-26-17-11-10-16-25(26)29(32-27)33(20-18-23-12-6-4-7-13-23)21-19-28(34)30-22(2)24-14-8-5-9-15-24/h4-17,22H,3,18-21H2,1-2H3,(H,30,34). The quantitative estimate of drug-likeness (QED) is 0.345. The van der Waals surface area contributed by atoms with Gasteiger partial charge in [-0.3, -0.25) is 4.79 Å². The largest absolute Gasteiger partial charge is 0.355 e. The molecule has 5 heteroatoms. The molecule has 1 amide bonds. The van der Waals surface area contributed by atoms with Crippen LogP contribution in [0.25, 0.3) is 10.9 Å². The lowest BCUT2D eigenvalue weighted by molar-refractivity contribution is -0.121. The van der Waals surface area contributed by atoms with Crippen molar-refractivity contribution in [2.45, 2.75) is 39.2 Å². The van der Waals surface area contributed by atoms with Crippen molar-refractivity contribution >= 4 is 22.6 Å². The molecule has 1 unspecified atom stereocenters. The number of anilines is 1. The van der Waals surface area contributed by atoms with E-state index in [2.05, 4.69) is 47.5 Å². The predicted molar refractivity (Wildman–Crippen MR) is 139 cm³/mol. The van der Waals surface area contributed by atoms with Crippen molar-refractivity contribution < 1.29 is 4.79 Å². The van der Waals surface area contributed by atoms with E-state index in [0.29, 0.717) is 13.0 Å². The molecule has 4 aromatic rings. The number of benzene rings is 3. The number of nitrogens with one attached hydrogen (secondary N) is 1. The molecule has 0 radical (unpaired) electrons. The van der Waals surface area contributed by atoms with E-state index in [1.807, 2.05) is 61.5 Å². The fourth-order valence-electron chi connectivity index (χ4n) is 4.11. The molecule has 34 heavy (non-hydrogen) atoms. The van der Waals surface area contributed by atoms with E-state index in [9.17, 15) is 4.79 Å². The highest BCUT2D eigenvalue weighted by Crippen LogP contribution is 2.25. The van der Waals surface area contributed by atoms with Crippen LogP contribution in [-0.2, 0) is 17.6 Å². The molecule has 1 N–H and O–H groups in total. The van der Waals surface area contributed by atoms with E-state index in [0.717, 1.165) is 47.5 Å². The monoisotopic (exact) mass is 452 g/mol. The lowest BCUT2D eigenvalue weighted by Gasteiger charge is -2.26. The molecule has 0 aliphatic rings. The first-order valence-corrected chi connectivity index (χ1v) is 12.0. The number of rotatable bonds is 10. The third-order valence-corrected chi connectivity index (χ3v) is 6.04. The van der Waals surface area contributed by atoms with Gasteiger partial charge < -0.3 is 10.2 Å². The number of amides is 1. The fraction of sp³-hybridized carbons (Fsp3) is 0.276. The van der Waals surface area contributed by atoms with Crippen LogP contribution >= 0.6 is 0 Å². The van der Waals surface area contributed by atoms with Crippen molar-refractivity contribution in [1.82, 2.24) is 15.3 Å². The number of aromatic nitrogens is 2. The second kappa shape index (κ2) is 11.4. The molecular formula is C29H32N4O. The zero-order valence-corrected chi connectivity index (χ0v) is 19.9. The summed E-state index contributed by atoms with van der Waals surface area (Å²) in [6.07, 6.45) is 2.04. The summed E-state index contributed by atoms with van der Waals surface area (Å²) in [6.45, 7) is 5.45. The van der Waals surface area contributed by atoms with E-state index < -0.39 is 0 Å². The average molecular weight is 453 g/mol. The van der Waals surface area contributed by atoms with Crippen LogP contribution in [0.5, 0.6) is 0 Å². The predicted octanol–water partition coefficient (Wildman–Crippen LogP) is 5.51. The summed E-state index contributed by atoms with van der Waals surface area (Å²) < 4.78 is 0. The Morgan fingerprint density at radius 2 is 1.56 bits per heavy atom. The van der Waals surface area contributed by atoms with Gasteiger partial charge in [-0.05, 0) is 36.6 Å². The number of fused-ring (bicyclic) bond motifs is 1. The van der Waals surface area contributed by atoms with Gasteiger partial charge in [-0.2, -0.15) is 0 Å². The van der Waals surface area contributed by atoms with Gasteiger partial charge in [-0.1, -0.05) is 79.7 Å². The number of carbonyl (C=O) groups excluding carboxylic acids is 1. The first-order chi connectivity index (χ1) is 16.6. The Labute approximate surface area is 201 Å². The average Bonchev–Trinajstić information content (AvgIpc) is 2.89. The molecule has 0 spiro atoms. The van der Waals surface area contributed by atoms with Crippen LogP contribution in [0.15, 0.2) is 84.9 Å². The molecule has 0 saturated carbocycles. The molecule has 0 aliphatic carbocycles. The molecule has 0 aliphatic heterocycles. The number of nitrogens with zero attached hydrogens (tertiary/aromatic N) is 3. The maximum atomic E-state index is 12.9. The van der Waals surface area contributed by atoms with Crippen LogP contribution in [-0.4, -0.2) is 29.0 Å². The first kappa shape index (κ1) is 23.4. The maximum absolute atomic E-state index is 12.9. The molecule has 0 fully saturated rings. The Balaban J connectivity index is 1.54. The minimum absolute atomic E-state index is 0.0296. The molecular weight excluding hydrogens is 420 g/mol. The van der Waals surface area contributed by atoms with Gasteiger partial charge in [0.2, 0.25) is 5.91 Å². The lowest BCUT2D eigenvalue weighted by atomic mass is 10.1. The van der Waals surface area contributed by atoms with Crippen LogP contribution in [0.1, 0.15) is 43.3 Å². The normalized spacial score (nSPS) is 11.8. The summed E-state index contributed by atoms with van der Waals surface area (Å²) in [5, 5.41) is 4.16. The van der Waals surface area contributed by atoms with Crippen molar-refractivity contribution in [2.24, 2.45) is 0 Å². The Hall–Kier alpha value is -3.73. The smallest absolute Gasteiger partial charge is 0.222 e. The van der Waals surface area contributed by atoms with Crippen molar-refractivity contribution in [3.63, 3.8) is 0 Å². The first-order valence-electron chi connectivity index (χ1n) is 12.0. The van der Waals surface area contributed by atoms with Crippen LogP contribution in [0.2, 0.25) is 0 Å². The molecule has 5 nitrogen and oxygen atoms in total. The van der Waals surface area contributed by atoms with Gasteiger partial charge in [0.1, 0.15) is 11.6 Å². The highest BCUT2D eigenvalue weighted by atomic mass is 16.1.